The predicted molar refractivity (Wildman–Crippen MR) is 97.0 cm³/mol. The van der Waals surface area contributed by atoms with Crippen molar-refractivity contribution < 1.29 is 4.79 Å². The number of hydrogen-bond donors (Lipinski definition) is 2. The topological polar surface area (TPSA) is 80.9 Å². The van der Waals surface area contributed by atoms with Gasteiger partial charge in [0, 0.05) is 24.0 Å². The minimum atomic E-state index is 0.180. The van der Waals surface area contributed by atoms with Crippen LogP contribution in [-0.4, -0.2) is 22.3 Å². The first-order valence-corrected chi connectivity index (χ1v) is 7.93. The molecule has 0 aliphatic rings. The first-order chi connectivity index (χ1) is 11.6. The Kier molecular flexibility index (Phi) is 4.70. The summed E-state index contributed by atoms with van der Waals surface area (Å²) in [6, 6.07) is 13.8. The van der Waals surface area contributed by atoms with Crippen molar-refractivity contribution in [3.05, 3.63) is 59.9 Å². The lowest BCUT2D eigenvalue weighted by molar-refractivity contribution is -0.116. The molecule has 5 nitrogen and oxygen atoms in total. The van der Waals surface area contributed by atoms with Crippen molar-refractivity contribution in [3.8, 4) is 0 Å². The zero-order valence-corrected chi connectivity index (χ0v) is 13.6. The van der Waals surface area contributed by atoms with Crippen LogP contribution in [0.15, 0.2) is 48.8 Å². The molecule has 3 N–H and O–H groups in total. The largest absolute Gasteiger partial charge is 0.399 e. The number of carbonyl (C=O) groups is 1. The molecule has 0 spiro atoms. The number of ketones is 1. The summed E-state index contributed by atoms with van der Waals surface area (Å²) in [7, 11) is 0. The lowest BCUT2D eigenvalue weighted by Crippen LogP contribution is -2.07. The number of nitrogens with two attached hydrogens (primary N) is 1. The molecule has 24 heavy (non-hydrogen) atoms. The smallest absolute Gasteiger partial charge is 0.137 e. The summed E-state index contributed by atoms with van der Waals surface area (Å²) in [6.45, 7) is 2.36. The Labute approximate surface area is 140 Å². The van der Waals surface area contributed by atoms with Gasteiger partial charge in [-0.05, 0) is 42.7 Å². The highest BCUT2D eigenvalue weighted by atomic mass is 16.1. The van der Waals surface area contributed by atoms with Crippen molar-refractivity contribution in [1.29, 1.82) is 0 Å². The van der Waals surface area contributed by atoms with Crippen LogP contribution in [0.5, 0.6) is 0 Å². The molecular formula is C19H20N4O. The number of nitrogens with one attached hydrogen (secondary N) is 1. The summed E-state index contributed by atoms with van der Waals surface area (Å²) >= 11 is 0. The van der Waals surface area contributed by atoms with Crippen molar-refractivity contribution in [2.45, 2.75) is 19.8 Å². The molecule has 0 radical (unpaired) electrons. The Morgan fingerprint density at radius 1 is 1.08 bits per heavy atom. The Morgan fingerprint density at radius 3 is 2.58 bits per heavy atom. The third kappa shape index (κ3) is 3.87. The Morgan fingerprint density at radius 2 is 1.83 bits per heavy atom. The molecule has 0 fully saturated rings. The first-order valence-electron chi connectivity index (χ1n) is 7.93. The zero-order chi connectivity index (χ0) is 16.9. The van der Waals surface area contributed by atoms with Gasteiger partial charge in [0.2, 0.25) is 0 Å². The Bertz CT molecular complexity index is 859. The first kappa shape index (κ1) is 15.9. The molecule has 0 atom stereocenters. The van der Waals surface area contributed by atoms with Crippen molar-refractivity contribution in [3.63, 3.8) is 0 Å². The molecule has 3 rings (SSSR count). The summed E-state index contributed by atoms with van der Waals surface area (Å²) < 4.78 is 0. The highest BCUT2D eigenvalue weighted by Gasteiger charge is 2.04. The number of anilines is 2. The third-order valence-electron chi connectivity index (χ3n) is 3.84. The number of rotatable bonds is 6. The molecule has 1 heterocycles. The SMILES string of the molecule is CC(=O)Cc1ccc(CCNc2ncnc3ccc(N)cc23)cc1. The fourth-order valence-electron chi connectivity index (χ4n) is 2.65. The van der Waals surface area contributed by atoms with E-state index in [0.29, 0.717) is 12.1 Å². The molecule has 0 saturated heterocycles. The molecule has 1 aromatic heterocycles. The maximum Gasteiger partial charge on any atom is 0.137 e. The van der Waals surface area contributed by atoms with Crippen LogP contribution in [0.1, 0.15) is 18.1 Å². The number of nitrogen functional groups attached to an aromatic ring is 1. The van der Waals surface area contributed by atoms with Crippen molar-refractivity contribution >= 4 is 28.2 Å². The second kappa shape index (κ2) is 7.08. The second-order valence-corrected chi connectivity index (χ2v) is 5.87. The van der Waals surface area contributed by atoms with Gasteiger partial charge in [0.1, 0.15) is 17.9 Å². The minimum Gasteiger partial charge on any atom is -0.399 e. The number of fused-ring (bicyclic) bond motifs is 1. The van der Waals surface area contributed by atoms with Gasteiger partial charge in [0.05, 0.1) is 5.52 Å². The van der Waals surface area contributed by atoms with E-state index in [9.17, 15) is 4.79 Å². The summed E-state index contributed by atoms with van der Waals surface area (Å²) in [5.74, 6) is 0.972. The van der Waals surface area contributed by atoms with Gasteiger partial charge in [0.15, 0.2) is 0 Å². The predicted octanol–water partition coefficient (Wildman–Crippen LogP) is 3.00. The van der Waals surface area contributed by atoms with E-state index in [-0.39, 0.29) is 5.78 Å². The van der Waals surface area contributed by atoms with Gasteiger partial charge in [0.25, 0.3) is 0 Å². The Hall–Kier alpha value is -2.95. The van der Waals surface area contributed by atoms with Gasteiger partial charge in [-0.15, -0.1) is 0 Å². The van der Waals surface area contributed by atoms with Gasteiger partial charge in [-0.2, -0.15) is 0 Å². The normalized spacial score (nSPS) is 10.7. The van der Waals surface area contributed by atoms with Crippen molar-refractivity contribution in [1.82, 2.24) is 9.97 Å². The van der Waals surface area contributed by atoms with Crippen LogP contribution in [0.25, 0.3) is 10.9 Å². The molecule has 3 aromatic rings. The summed E-state index contributed by atoms with van der Waals surface area (Å²) in [6.07, 6.45) is 2.92. The molecule has 0 amide bonds. The molecule has 5 heteroatoms. The van der Waals surface area contributed by atoms with Gasteiger partial charge in [-0.25, -0.2) is 9.97 Å². The molecule has 122 valence electrons. The number of carbonyl (C=O) groups excluding carboxylic acids is 1. The number of aromatic nitrogens is 2. The highest BCUT2D eigenvalue weighted by molar-refractivity contribution is 5.91. The molecular weight excluding hydrogens is 300 g/mol. The van der Waals surface area contributed by atoms with Crippen LogP contribution in [0, 0.1) is 0 Å². The highest BCUT2D eigenvalue weighted by Crippen LogP contribution is 2.21. The molecule has 0 bridgehead atoms. The standard InChI is InChI=1S/C19H20N4O/c1-13(24)10-15-4-2-14(3-5-15)8-9-21-19-17-11-16(20)6-7-18(17)22-12-23-19/h2-7,11-12H,8-10,20H2,1H3,(H,21,22,23). The summed E-state index contributed by atoms with van der Waals surface area (Å²) in [5, 5.41) is 4.27. The lowest BCUT2D eigenvalue weighted by Gasteiger charge is -2.09. The van der Waals surface area contributed by atoms with E-state index < -0.39 is 0 Å². The van der Waals surface area contributed by atoms with Gasteiger partial charge >= 0.3 is 0 Å². The van der Waals surface area contributed by atoms with Gasteiger partial charge in [-0.3, -0.25) is 4.79 Å². The van der Waals surface area contributed by atoms with Gasteiger partial charge in [-0.1, -0.05) is 24.3 Å². The summed E-state index contributed by atoms with van der Waals surface area (Å²) in [5.41, 5.74) is 9.69. The molecule has 0 aliphatic carbocycles. The number of benzene rings is 2. The lowest BCUT2D eigenvalue weighted by atomic mass is 10.1. The van der Waals surface area contributed by atoms with E-state index in [2.05, 4.69) is 27.4 Å². The monoisotopic (exact) mass is 320 g/mol. The fraction of sp³-hybridized carbons (Fsp3) is 0.211. The molecule has 2 aromatic carbocycles. The maximum atomic E-state index is 11.1. The molecule has 0 saturated carbocycles. The van der Waals surface area contributed by atoms with E-state index in [1.807, 2.05) is 30.3 Å². The Balaban J connectivity index is 1.64. The fourth-order valence-corrected chi connectivity index (χ4v) is 2.65. The van der Waals surface area contributed by atoms with Crippen LogP contribution < -0.4 is 11.1 Å². The van der Waals surface area contributed by atoms with E-state index >= 15 is 0 Å². The van der Waals surface area contributed by atoms with Crippen molar-refractivity contribution in [2.75, 3.05) is 17.6 Å². The van der Waals surface area contributed by atoms with Crippen LogP contribution in [-0.2, 0) is 17.6 Å². The molecule has 0 aliphatic heterocycles. The zero-order valence-electron chi connectivity index (χ0n) is 13.6. The van der Waals surface area contributed by atoms with Crippen LogP contribution in [0.3, 0.4) is 0 Å². The van der Waals surface area contributed by atoms with E-state index in [1.54, 1.807) is 13.3 Å². The second-order valence-electron chi connectivity index (χ2n) is 5.87. The quantitative estimate of drug-likeness (QED) is 0.682. The number of nitrogens with zero attached hydrogens (tertiary/aromatic N) is 2. The van der Waals surface area contributed by atoms with E-state index in [4.69, 9.17) is 5.73 Å². The summed E-state index contributed by atoms with van der Waals surface area (Å²) in [4.78, 5) is 19.7. The van der Waals surface area contributed by atoms with Crippen LogP contribution >= 0.6 is 0 Å². The average molecular weight is 320 g/mol. The third-order valence-corrected chi connectivity index (χ3v) is 3.84. The number of Topliss-reactive ketones (excluding diaryl/α,β-unsaturated/α-hetero) is 1. The van der Waals surface area contributed by atoms with E-state index in [0.717, 1.165) is 35.2 Å². The van der Waals surface area contributed by atoms with Crippen LogP contribution in [0.2, 0.25) is 0 Å². The van der Waals surface area contributed by atoms with Gasteiger partial charge < -0.3 is 11.1 Å². The maximum absolute atomic E-state index is 11.1. The average Bonchev–Trinajstić information content (AvgIpc) is 2.56. The van der Waals surface area contributed by atoms with Crippen LogP contribution in [0.4, 0.5) is 11.5 Å². The molecule has 0 unspecified atom stereocenters. The minimum absolute atomic E-state index is 0.180. The number of hydrogen-bond acceptors (Lipinski definition) is 5. The van der Waals surface area contributed by atoms with Crippen molar-refractivity contribution in [2.24, 2.45) is 0 Å². The van der Waals surface area contributed by atoms with E-state index in [1.165, 1.54) is 5.56 Å².